The summed E-state index contributed by atoms with van der Waals surface area (Å²) in [6.07, 6.45) is 0. The van der Waals surface area contributed by atoms with Gasteiger partial charge in [0.1, 0.15) is 0 Å². The maximum absolute atomic E-state index is 5.46. The first kappa shape index (κ1) is 39.3. The van der Waals surface area contributed by atoms with E-state index in [1.54, 1.807) is 0 Å². The van der Waals surface area contributed by atoms with Crippen LogP contribution in [-0.2, 0) is 0 Å². The highest BCUT2D eigenvalue weighted by Gasteiger charge is 2.29. The predicted octanol–water partition coefficient (Wildman–Crippen LogP) is 16.1. The minimum Gasteiger partial charge on any atom is -0.308 e. The second-order valence-corrected chi connectivity index (χ2v) is 16.3. The molecule has 0 aliphatic heterocycles. The van der Waals surface area contributed by atoms with Crippen molar-refractivity contribution < 1.29 is 0 Å². The number of rotatable bonds is 10. The third-order valence-corrected chi connectivity index (χ3v) is 12.2. The summed E-state index contributed by atoms with van der Waals surface area (Å²) >= 11 is 0. The molecule has 65 heavy (non-hydrogen) atoms. The Hall–Kier alpha value is -8.54. The number of anilines is 6. The third-order valence-electron chi connectivity index (χ3n) is 12.2. The number of fused-ring (bicyclic) bond motifs is 3. The summed E-state index contributed by atoms with van der Waals surface area (Å²) in [5.41, 5.74) is 16.4. The van der Waals surface area contributed by atoms with E-state index >= 15 is 0 Å². The van der Waals surface area contributed by atoms with Crippen molar-refractivity contribution in [3.05, 3.63) is 248 Å². The zero-order valence-corrected chi connectivity index (χ0v) is 36.3. The highest BCUT2D eigenvalue weighted by atomic mass is 15.2. The SMILES string of the molecule is Cc1cccc2c3cccc(C)c3n(-c3c(N(c4ccccc4)c4ccccc4)cc(-c4cc(-c5ccccc5)nc(-c5ccccc5)n4)cc3N(c3ccccc3)c3ccccc3)c12. The molecular formula is C60H45N5. The number of hydrogen-bond donors (Lipinski definition) is 0. The van der Waals surface area contributed by atoms with Gasteiger partial charge in [-0.2, -0.15) is 0 Å². The van der Waals surface area contributed by atoms with Crippen LogP contribution in [0, 0.1) is 13.8 Å². The first-order valence-corrected chi connectivity index (χ1v) is 22.1. The van der Waals surface area contributed by atoms with Crippen LogP contribution in [0.15, 0.2) is 237 Å². The smallest absolute Gasteiger partial charge is 0.160 e. The van der Waals surface area contributed by atoms with Gasteiger partial charge in [0.25, 0.3) is 0 Å². The number of para-hydroxylation sites is 6. The average Bonchev–Trinajstić information content (AvgIpc) is 3.72. The van der Waals surface area contributed by atoms with Gasteiger partial charge >= 0.3 is 0 Å². The molecule has 0 saturated heterocycles. The molecule has 310 valence electrons. The van der Waals surface area contributed by atoms with E-state index in [9.17, 15) is 0 Å². The highest BCUT2D eigenvalue weighted by Crippen LogP contribution is 2.51. The van der Waals surface area contributed by atoms with Gasteiger partial charge in [-0.25, -0.2) is 9.97 Å². The Bertz CT molecular complexity index is 3130. The van der Waals surface area contributed by atoms with E-state index in [4.69, 9.17) is 9.97 Å². The molecule has 2 heterocycles. The quantitative estimate of drug-likeness (QED) is 0.138. The Labute approximate surface area is 379 Å². The number of nitrogens with zero attached hydrogens (tertiary/aromatic N) is 5. The van der Waals surface area contributed by atoms with Crippen LogP contribution in [0.4, 0.5) is 34.1 Å². The molecule has 0 aliphatic rings. The van der Waals surface area contributed by atoms with Crippen LogP contribution >= 0.6 is 0 Å². The van der Waals surface area contributed by atoms with E-state index in [2.05, 4.69) is 241 Å². The lowest BCUT2D eigenvalue weighted by atomic mass is 10.0. The van der Waals surface area contributed by atoms with Gasteiger partial charge in [-0.05, 0) is 91.7 Å². The van der Waals surface area contributed by atoms with Crippen molar-refractivity contribution >= 4 is 55.9 Å². The van der Waals surface area contributed by atoms with Crippen LogP contribution < -0.4 is 9.80 Å². The molecule has 0 unspecified atom stereocenters. The molecule has 2 aromatic heterocycles. The lowest BCUT2D eigenvalue weighted by Gasteiger charge is -2.34. The van der Waals surface area contributed by atoms with Crippen LogP contribution in [0.5, 0.6) is 0 Å². The fourth-order valence-electron chi connectivity index (χ4n) is 9.23. The first-order valence-electron chi connectivity index (χ1n) is 22.1. The molecular weight excluding hydrogens is 791 g/mol. The second-order valence-electron chi connectivity index (χ2n) is 16.3. The minimum absolute atomic E-state index is 0.661. The molecule has 0 spiro atoms. The van der Waals surface area contributed by atoms with Crippen molar-refractivity contribution in [2.75, 3.05) is 9.80 Å². The molecule has 0 fully saturated rings. The summed E-state index contributed by atoms with van der Waals surface area (Å²) in [4.78, 5) is 15.5. The molecule has 0 atom stereocenters. The number of hydrogen-bond acceptors (Lipinski definition) is 4. The minimum atomic E-state index is 0.661. The van der Waals surface area contributed by atoms with Crippen LogP contribution in [0.1, 0.15) is 11.1 Å². The molecule has 0 aliphatic carbocycles. The fraction of sp³-hybridized carbons (Fsp3) is 0.0333. The molecule has 11 aromatic rings. The maximum Gasteiger partial charge on any atom is 0.160 e. The average molecular weight is 836 g/mol. The van der Waals surface area contributed by atoms with Crippen molar-refractivity contribution in [3.8, 4) is 39.6 Å². The largest absolute Gasteiger partial charge is 0.308 e. The van der Waals surface area contributed by atoms with Crippen LogP contribution in [-0.4, -0.2) is 14.5 Å². The van der Waals surface area contributed by atoms with Gasteiger partial charge in [0, 0.05) is 50.2 Å². The van der Waals surface area contributed by atoms with Crippen molar-refractivity contribution in [2.45, 2.75) is 13.8 Å². The van der Waals surface area contributed by atoms with Gasteiger partial charge in [-0.15, -0.1) is 0 Å². The maximum atomic E-state index is 5.46. The van der Waals surface area contributed by atoms with E-state index in [1.165, 1.54) is 21.9 Å². The van der Waals surface area contributed by atoms with E-state index < -0.39 is 0 Å². The summed E-state index contributed by atoms with van der Waals surface area (Å²) in [5.74, 6) is 0.661. The predicted molar refractivity (Wildman–Crippen MR) is 272 cm³/mol. The van der Waals surface area contributed by atoms with E-state index in [1.807, 2.05) is 24.3 Å². The van der Waals surface area contributed by atoms with Crippen molar-refractivity contribution in [1.82, 2.24) is 14.5 Å². The number of aromatic nitrogens is 3. The zero-order chi connectivity index (χ0) is 43.7. The van der Waals surface area contributed by atoms with Gasteiger partial charge < -0.3 is 14.4 Å². The molecule has 0 saturated carbocycles. The van der Waals surface area contributed by atoms with Crippen LogP contribution in [0.2, 0.25) is 0 Å². The lowest BCUT2D eigenvalue weighted by molar-refractivity contribution is 1.11. The van der Waals surface area contributed by atoms with Gasteiger partial charge in [-0.1, -0.05) is 170 Å². The zero-order valence-electron chi connectivity index (χ0n) is 36.3. The second kappa shape index (κ2) is 17.0. The highest BCUT2D eigenvalue weighted by molar-refractivity contribution is 6.13. The van der Waals surface area contributed by atoms with Gasteiger partial charge in [0.2, 0.25) is 0 Å². The number of benzene rings is 9. The molecule has 0 bridgehead atoms. The normalized spacial score (nSPS) is 11.2. The van der Waals surface area contributed by atoms with Gasteiger partial charge in [0.05, 0.1) is 39.5 Å². The van der Waals surface area contributed by atoms with Crippen LogP contribution in [0.25, 0.3) is 61.4 Å². The molecule has 5 heteroatoms. The van der Waals surface area contributed by atoms with E-state index in [0.717, 1.165) is 78.9 Å². The first-order chi connectivity index (χ1) is 32.1. The topological polar surface area (TPSA) is 37.2 Å². The Morgan fingerprint density at radius 1 is 0.338 bits per heavy atom. The van der Waals surface area contributed by atoms with Gasteiger partial charge in [-0.3, -0.25) is 0 Å². The van der Waals surface area contributed by atoms with Crippen molar-refractivity contribution in [2.24, 2.45) is 0 Å². The third kappa shape index (κ3) is 7.29. The van der Waals surface area contributed by atoms with Crippen LogP contribution in [0.3, 0.4) is 0 Å². The molecule has 0 N–H and O–H groups in total. The summed E-state index contributed by atoms with van der Waals surface area (Å²) < 4.78 is 2.53. The summed E-state index contributed by atoms with van der Waals surface area (Å²) in [7, 11) is 0. The summed E-state index contributed by atoms with van der Waals surface area (Å²) in [6.45, 7) is 4.46. The molecule has 0 radical (unpaired) electrons. The summed E-state index contributed by atoms with van der Waals surface area (Å²) in [5, 5.41) is 2.41. The Morgan fingerprint density at radius 2 is 0.692 bits per heavy atom. The summed E-state index contributed by atoms with van der Waals surface area (Å²) in [6, 6.07) is 83.7. The fourth-order valence-corrected chi connectivity index (χ4v) is 9.23. The van der Waals surface area contributed by atoms with Gasteiger partial charge in [0.15, 0.2) is 5.82 Å². The monoisotopic (exact) mass is 835 g/mol. The standard InChI is InChI=1S/C60H45N5/c1-42-23-21-37-51-52-38-22-24-43(2)58(52)65(57(42)51)59-55(63(47-29-13-5-14-30-47)48-31-15-6-16-32-48)39-46(40-56(59)64(49-33-17-7-18-34-49)50-35-19-8-20-36-50)54-41-53(44-25-9-3-10-26-44)61-60(62-54)45-27-11-4-12-28-45/h3-41H,1-2H3. The molecule has 9 aromatic carbocycles. The molecule has 5 nitrogen and oxygen atoms in total. The Balaban J connectivity index is 1.36. The Kier molecular flexibility index (Phi) is 10.3. The molecule has 11 rings (SSSR count). The molecule has 0 amide bonds. The van der Waals surface area contributed by atoms with Crippen molar-refractivity contribution in [3.63, 3.8) is 0 Å². The van der Waals surface area contributed by atoms with E-state index in [-0.39, 0.29) is 0 Å². The Morgan fingerprint density at radius 3 is 1.09 bits per heavy atom. The van der Waals surface area contributed by atoms with Crippen molar-refractivity contribution in [1.29, 1.82) is 0 Å². The lowest BCUT2D eigenvalue weighted by Crippen LogP contribution is -2.18. The number of aryl methyl sites for hydroxylation is 2. The van der Waals surface area contributed by atoms with E-state index in [0.29, 0.717) is 5.82 Å².